The van der Waals surface area contributed by atoms with Crippen LogP contribution in [0.4, 0.5) is 5.69 Å². The van der Waals surface area contributed by atoms with E-state index >= 15 is 0 Å². The molecule has 0 spiro atoms. The third-order valence-corrected chi connectivity index (χ3v) is 6.71. The summed E-state index contributed by atoms with van der Waals surface area (Å²) in [5, 5.41) is 3.13. The monoisotopic (exact) mass is 394 g/mol. The number of halogens is 1. The molecule has 2 aromatic rings. The number of aryl methyl sites for hydroxylation is 1. The molecule has 0 bridgehead atoms. The first-order chi connectivity index (χ1) is 12.2. The first-order valence-corrected chi connectivity index (χ1v) is 10.2. The number of nitrogens with zero attached hydrogens (tertiary/aromatic N) is 1. The maximum atomic E-state index is 12.8. The zero-order valence-corrected chi connectivity index (χ0v) is 16.9. The van der Waals surface area contributed by atoms with Crippen LogP contribution in [0.3, 0.4) is 0 Å². The van der Waals surface area contributed by atoms with E-state index in [0.717, 1.165) is 11.1 Å². The first kappa shape index (κ1) is 20.4. The predicted octanol–water partition coefficient (Wildman–Crippen LogP) is 4.24. The van der Waals surface area contributed by atoms with Crippen molar-refractivity contribution in [3.8, 4) is 0 Å². The van der Waals surface area contributed by atoms with Crippen molar-refractivity contribution in [2.75, 3.05) is 18.4 Å². The molecule has 2 aromatic carbocycles. The van der Waals surface area contributed by atoms with Gasteiger partial charge in [-0.3, -0.25) is 4.79 Å². The minimum absolute atomic E-state index is 0.166. The highest BCUT2D eigenvalue weighted by Gasteiger charge is 2.23. The fraction of sp³-hybridized carbons (Fsp3) is 0.316. The van der Waals surface area contributed by atoms with Gasteiger partial charge in [0.25, 0.3) is 5.91 Å². The Bertz CT molecular complexity index is 922. The average molecular weight is 395 g/mol. The van der Waals surface area contributed by atoms with Crippen LogP contribution in [0.2, 0.25) is 5.02 Å². The average Bonchev–Trinajstić information content (AvgIpc) is 2.59. The number of sulfonamides is 1. The Kier molecular flexibility index (Phi) is 6.44. The molecule has 0 aromatic heterocycles. The van der Waals surface area contributed by atoms with E-state index in [4.69, 9.17) is 11.6 Å². The zero-order valence-electron chi connectivity index (χ0n) is 15.3. The van der Waals surface area contributed by atoms with Crippen molar-refractivity contribution in [3.63, 3.8) is 0 Å². The van der Waals surface area contributed by atoms with Crippen molar-refractivity contribution in [2.45, 2.75) is 32.6 Å². The van der Waals surface area contributed by atoms with Crippen LogP contribution in [0.15, 0.2) is 41.3 Å². The molecule has 7 heteroatoms. The normalized spacial score (nSPS) is 11.6. The van der Waals surface area contributed by atoms with Gasteiger partial charge in [0.2, 0.25) is 10.0 Å². The topological polar surface area (TPSA) is 66.5 Å². The van der Waals surface area contributed by atoms with Crippen molar-refractivity contribution in [1.29, 1.82) is 0 Å². The molecule has 5 nitrogen and oxygen atoms in total. The van der Waals surface area contributed by atoms with Gasteiger partial charge in [-0.15, -0.1) is 0 Å². The summed E-state index contributed by atoms with van der Waals surface area (Å²) in [5.74, 6) is -0.379. The largest absolute Gasteiger partial charge is 0.322 e. The van der Waals surface area contributed by atoms with Gasteiger partial charge in [0.1, 0.15) is 0 Å². The van der Waals surface area contributed by atoms with Crippen LogP contribution in [-0.2, 0) is 10.0 Å². The number of nitrogens with one attached hydrogen (secondary N) is 1. The molecule has 0 saturated carbocycles. The van der Waals surface area contributed by atoms with Gasteiger partial charge < -0.3 is 5.32 Å². The Balaban J connectivity index is 2.46. The molecule has 1 amide bonds. The van der Waals surface area contributed by atoms with Gasteiger partial charge in [0.15, 0.2) is 0 Å². The molecule has 0 aliphatic rings. The summed E-state index contributed by atoms with van der Waals surface area (Å²) >= 11 is 6.08. The third kappa shape index (κ3) is 4.09. The predicted molar refractivity (Wildman–Crippen MR) is 105 cm³/mol. The molecule has 0 radical (unpaired) electrons. The fourth-order valence-corrected chi connectivity index (χ4v) is 4.44. The quantitative estimate of drug-likeness (QED) is 0.796. The molecule has 0 fully saturated rings. The summed E-state index contributed by atoms with van der Waals surface area (Å²) in [7, 11) is -3.62. The van der Waals surface area contributed by atoms with E-state index in [-0.39, 0.29) is 10.8 Å². The number of benzene rings is 2. The Morgan fingerprint density at radius 2 is 1.73 bits per heavy atom. The van der Waals surface area contributed by atoms with Gasteiger partial charge in [0.05, 0.1) is 15.5 Å². The molecule has 2 rings (SSSR count). The minimum atomic E-state index is -3.62. The van der Waals surface area contributed by atoms with E-state index in [1.807, 2.05) is 13.8 Å². The van der Waals surface area contributed by atoms with Crippen molar-refractivity contribution >= 4 is 33.2 Å². The number of hydrogen-bond donors (Lipinski definition) is 1. The summed E-state index contributed by atoms with van der Waals surface area (Å²) in [6, 6.07) is 9.86. The SMILES string of the molecule is CCN(CC)S(=O)(=O)c1cc(C)c(C)c(NC(=O)c2ccccc2Cl)c1. The van der Waals surface area contributed by atoms with Crippen LogP contribution in [-0.4, -0.2) is 31.7 Å². The van der Waals surface area contributed by atoms with Gasteiger partial charge >= 0.3 is 0 Å². The standard InChI is InChI=1S/C19H23ClN2O3S/c1-5-22(6-2)26(24,25)15-11-13(3)14(4)18(12-15)21-19(23)16-9-7-8-10-17(16)20/h7-12H,5-6H2,1-4H3,(H,21,23). The molecule has 1 N–H and O–H groups in total. The Morgan fingerprint density at radius 3 is 2.31 bits per heavy atom. The highest BCUT2D eigenvalue weighted by Crippen LogP contribution is 2.27. The highest BCUT2D eigenvalue weighted by atomic mass is 35.5. The molecule has 0 aliphatic carbocycles. The van der Waals surface area contributed by atoms with E-state index in [2.05, 4.69) is 5.32 Å². The van der Waals surface area contributed by atoms with Crippen LogP contribution >= 0.6 is 11.6 Å². The molecule has 0 saturated heterocycles. The number of rotatable bonds is 6. The lowest BCUT2D eigenvalue weighted by Gasteiger charge is -2.20. The van der Waals surface area contributed by atoms with Gasteiger partial charge in [-0.2, -0.15) is 4.31 Å². The number of amides is 1. The summed E-state index contributed by atoms with van der Waals surface area (Å²) in [4.78, 5) is 12.7. The van der Waals surface area contributed by atoms with E-state index in [9.17, 15) is 13.2 Å². The fourth-order valence-electron chi connectivity index (χ4n) is 2.65. The van der Waals surface area contributed by atoms with Crippen molar-refractivity contribution in [1.82, 2.24) is 4.31 Å². The molecule has 0 aliphatic heterocycles. The smallest absolute Gasteiger partial charge is 0.257 e. The first-order valence-electron chi connectivity index (χ1n) is 8.39. The van der Waals surface area contributed by atoms with Crippen LogP contribution in [0.1, 0.15) is 35.3 Å². The molecular weight excluding hydrogens is 372 g/mol. The summed E-state index contributed by atoms with van der Waals surface area (Å²) < 4.78 is 27.0. The molecule has 0 heterocycles. The summed E-state index contributed by atoms with van der Waals surface area (Å²) in [6.07, 6.45) is 0. The lowest BCUT2D eigenvalue weighted by atomic mass is 10.1. The second-order valence-electron chi connectivity index (χ2n) is 5.94. The van der Waals surface area contributed by atoms with Gasteiger partial charge in [0, 0.05) is 18.8 Å². The minimum Gasteiger partial charge on any atom is -0.322 e. The van der Waals surface area contributed by atoms with Crippen molar-refractivity contribution < 1.29 is 13.2 Å². The van der Waals surface area contributed by atoms with E-state index in [0.29, 0.717) is 29.4 Å². The molecule has 0 atom stereocenters. The van der Waals surface area contributed by atoms with E-state index in [1.165, 1.54) is 10.4 Å². The van der Waals surface area contributed by atoms with Crippen molar-refractivity contribution in [3.05, 3.63) is 58.1 Å². The van der Waals surface area contributed by atoms with Crippen LogP contribution < -0.4 is 5.32 Å². The Morgan fingerprint density at radius 1 is 1.12 bits per heavy atom. The second-order valence-corrected chi connectivity index (χ2v) is 8.28. The van der Waals surface area contributed by atoms with Crippen LogP contribution in [0.5, 0.6) is 0 Å². The Labute approximate surface area is 160 Å². The van der Waals surface area contributed by atoms with Gasteiger partial charge in [-0.05, 0) is 49.2 Å². The van der Waals surface area contributed by atoms with E-state index < -0.39 is 10.0 Å². The third-order valence-electron chi connectivity index (χ3n) is 4.35. The number of anilines is 1. The van der Waals surface area contributed by atoms with Crippen LogP contribution in [0, 0.1) is 13.8 Å². The maximum absolute atomic E-state index is 12.8. The van der Waals surface area contributed by atoms with E-state index in [1.54, 1.807) is 44.2 Å². The number of hydrogen-bond acceptors (Lipinski definition) is 3. The molecule has 0 unspecified atom stereocenters. The summed E-state index contributed by atoms with van der Waals surface area (Å²) in [5.41, 5.74) is 2.39. The molecule has 140 valence electrons. The lowest BCUT2D eigenvalue weighted by molar-refractivity contribution is 0.102. The highest BCUT2D eigenvalue weighted by molar-refractivity contribution is 7.89. The van der Waals surface area contributed by atoms with Crippen molar-refractivity contribution in [2.24, 2.45) is 0 Å². The number of carbonyl (C=O) groups is 1. The van der Waals surface area contributed by atoms with Gasteiger partial charge in [-0.1, -0.05) is 37.6 Å². The zero-order chi connectivity index (χ0) is 19.5. The Hall–Kier alpha value is -1.89. The molecular formula is C19H23ClN2O3S. The van der Waals surface area contributed by atoms with Crippen LogP contribution in [0.25, 0.3) is 0 Å². The second kappa shape index (κ2) is 8.20. The lowest BCUT2D eigenvalue weighted by Crippen LogP contribution is -2.30. The van der Waals surface area contributed by atoms with Gasteiger partial charge in [-0.25, -0.2) is 8.42 Å². The number of carbonyl (C=O) groups excluding carboxylic acids is 1. The summed E-state index contributed by atoms with van der Waals surface area (Å²) in [6.45, 7) is 8.01. The maximum Gasteiger partial charge on any atom is 0.257 e. The molecule has 26 heavy (non-hydrogen) atoms.